The Hall–Kier alpha value is -4.01. The number of benzene rings is 1. The molecule has 0 bridgehead atoms. The van der Waals surface area contributed by atoms with Crippen LogP contribution >= 0.6 is 0 Å². The fourth-order valence-corrected chi connectivity index (χ4v) is 3.97. The SMILES string of the molecule is Cc1cc(C)n(C)c(=O)c1C(=O)N1CCc2nc(N)c(C(=O)Nc3ccc(F)cc3)cc2C1. The van der Waals surface area contributed by atoms with Crippen LogP contribution in [-0.4, -0.2) is 32.8 Å². The number of nitrogens with one attached hydrogen (secondary N) is 1. The number of rotatable bonds is 3. The van der Waals surface area contributed by atoms with Crippen molar-refractivity contribution in [2.24, 2.45) is 7.05 Å². The molecule has 170 valence electrons. The van der Waals surface area contributed by atoms with Crippen molar-refractivity contribution < 1.29 is 14.0 Å². The summed E-state index contributed by atoms with van der Waals surface area (Å²) in [5.74, 6) is -1.17. The highest BCUT2D eigenvalue weighted by Crippen LogP contribution is 2.24. The number of aryl methyl sites for hydroxylation is 2. The van der Waals surface area contributed by atoms with E-state index in [0.717, 1.165) is 5.69 Å². The average molecular weight is 449 g/mol. The number of hydrogen-bond donors (Lipinski definition) is 2. The van der Waals surface area contributed by atoms with Crippen molar-refractivity contribution in [3.63, 3.8) is 0 Å². The standard InChI is InChI=1S/C24H24FN5O3/c1-13-10-14(2)29(3)23(32)20(13)24(33)30-9-8-19-15(12-30)11-18(21(26)28-19)22(31)27-17-6-4-16(25)5-7-17/h4-7,10-11H,8-9,12H2,1-3H3,(H2,26,28)(H,27,31). The maximum Gasteiger partial charge on any atom is 0.263 e. The molecule has 0 radical (unpaired) electrons. The van der Waals surface area contributed by atoms with Crippen LogP contribution in [0.15, 0.2) is 41.2 Å². The van der Waals surface area contributed by atoms with E-state index in [2.05, 4.69) is 10.3 Å². The van der Waals surface area contributed by atoms with E-state index in [1.807, 2.05) is 13.0 Å². The van der Waals surface area contributed by atoms with Crippen LogP contribution in [0.5, 0.6) is 0 Å². The first-order valence-electron chi connectivity index (χ1n) is 10.5. The first-order valence-corrected chi connectivity index (χ1v) is 10.5. The Morgan fingerprint density at radius 2 is 1.85 bits per heavy atom. The molecule has 1 aromatic carbocycles. The molecule has 0 aliphatic carbocycles. The van der Waals surface area contributed by atoms with Crippen LogP contribution in [0.25, 0.3) is 0 Å². The molecule has 0 fully saturated rings. The third-order valence-electron chi connectivity index (χ3n) is 5.92. The molecule has 1 aliphatic rings. The van der Waals surface area contributed by atoms with Gasteiger partial charge in [0, 0.05) is 43.6 Å². The minimum Gasteiger partial charge on any atom is -0.383 e. The number of nitrogens with two attached hydrogens (primary N) is 1. The van der Waals surface area contributed by atoms with Crippen molar-refractivity contribution in [3.05, 3.63) is 86.2 Å². The summed E-state index contributed by atoms with van der Waals surface area (Å²) < 4.78 is 14.6. The van der Waals surface area contributed by atoms with Gasteiger partial charge in [-0.3, -0.25) is 14.4 Å². The highest BCUT2D eigenvalue weighted by atomic mass is 19.1. The zero-order valence-corrected chi connectivity index (χ0v) is 18.6. The Morgan fingerprint density at radius 3 is 2.55 bits per heavy atom. The molecule has 3 aromatic rings. The van der Waals surface area contributed by atoms with Crippen molar-refractivity contribution in [2.75, 3.05) is 17.6 Å². The van der Waals surface area contributed by atoms with Crippen LogP contribution in [0.3, 0.4) is 0 Å². The molecule has 33 heavy (non-hydrogen) atoms. The molecule has 0 saturated carbocycles. The van der Waals surface area contributed by atoms with Crippen LogP contribution in [0.2, 0.25) is 0 Å². The minimum absolute atomic E-state index is 0.0800. The molecule has 0 saturated heterocycles. The van der Waals surface area contributed by atoms with Crippen molar-refractivity contribution in [3.8, 4) is 0 Å². The van der Waals surface area contributed by atoms with Gasteiger partial charge in [-0.15, -0.1) is 0 Å². The lowest BCUT2D eigenvalue weighted by Gasteiger charge is -2.29. The van der Waals surface area contributed by atoms with Crippen LogP contribution in [0, 0.1) is 19.7 Å². The molecule has 3 heterocycles. The summed E-state index contributed by atoms with van der Waals surface area (Å²) in [6, 6.07) is 8.80. The van der Waals surface area contributed by atoms with E-state index in [1.165, 1.54) is 28.8 Å². The number of carbonyl (C=O) groups is 2. The lowest BCUT2D eigenvalue weighted by molar-refractivity contribution is 0.0730. The number of nitrogen functional groups attached to an aromatic ring is 1. The number of hydrogen-bond acceptors (Lipinski definition) is 5. The maximum absolute atomic E-state index is 13.2. The van der Waals surface area contributed by atoms with Crippen molar-refractivity contribution in [1.29, 1.82) is 0 Å². The van der Waals surface area contributed by atoms with E-state index in [-0.39, 0.29) is 35.0 Å². The van der Waals surface area contributed by atoms with Crippen LogP contribution in [-0.2, 0) is 20.0 Å². The van der Waals surface area contributed by atoms with E-state index >= 15 is 0 Å². The molecule has 9 heteroatoms. The van der Waals surface area contributed by atoms with Gasteiger partial charge in [-0.2, -0.15) is 0 Å². The van der Waals surface area contributed by atoms with Gasteiger partial charge < -0.3 is 20.5 Å². The van der Waals surface area contributed by atoms with Gasteiger partial charge >= 0.3 is 0 Å². The second-order valence-corrected chi connectivity index (χ2v) is 8.17. The molecule has 2 amide bonds. The molecular formula is C24H24FN5O3. The molecule has 0 unspecified atom stereocenters. The van der Waals surface area contributed by atoms with Gasteiger partial charge in [-0.25, -0.2) is 9.37 Å². The molecule has 0 atom stereocenters. The summed E-state index contributed by atoms with van der Waals surface area (Å²) in [6.07, 6.45) is 0.455. The third-order valence-corrected chi connectivity index (χ3v) is 5.92. The van der Waals surface area contributed by atoms with E-state index in [4.69, 9.17) is 5.73 Å². The molecular weight excluding hydrogens is 425 g/mol. The summed E-state index contributed by atoms with van der Waals surface area (Å²) in [5, 5.41) is 2.67. The topological polar surface area (TPSA) is 110 Å². The van der Waals surface area contributed by atoms with Crippen LogP contribution < -0.4 is 16.6 Å². The van der Waals surface area contributed by atoms with Crippen LogP contribution in [0.1, 0.15) is 43.2 Å². The number of anilines is 2. The number of fused-ring (bicyclic) bond motifs is 1. The highest BCUT2D eigenvalue weighted by molar-refractivity contribution is 6.07. The molecule has 1 aliphatic heterocycles. The Morgan fingerprint density at radius 1 is 1.15 bits per heavy atom. The van der Waals surface area contributed by atoms with Gasteiger partial charge in [0.1, 0.15) is 17.2 Å². The number of halogens is 1. The van der Waals surface area contributed by atoms with Crippen molar-refractivity contribution in [2.45, 2.75) is 26.8 Å². The Bertz CT molecular complexity index is 1330. The predicted molar refractivity (Wildman–Crippen MR) is 123 cm³/mol. The fraction of sp³-hybridized carbons (Fsp3) is 0.250. The minimum atomic E-state index is -0.485. The summed E-state index contributed by atoms with van der Waals surface area (Å²) in [6.45, 7) is 4.15. The second kappa shape index (κ2) is 8.50. The van der Waals surface area contributed by atoms with E-state index in [0.29, 0.717) is 35.5 Å². The largest absolute Gasteiger partial charge is 0.383 e. The van der Waals surface area contributed by atoms with Gasteiger partial charge in [0.25, 0.3) is 17.4 Å². The maximum atomic E-state index is 13.2. The average Bonchev–Trinajstić information content (AvgIpc) is 2.78. The summed E-state index contributed by atoms with van der Waals surface area (Å²) in [5.41, 5.74) is 9.21. The Balaban J connectivity index is 1.61. The summed E-state index contributed by atoms with van der Waals surface area (Å²) in [7, 11) is 1.64. The Labute approximate surface area is 189 Å². The quantitative estimate of drug-likeness (QED) is 0.639. The number of carbonyl (C=O) groups excluding carboxylic acids is 2. The van der Waals surface area contributed by atoms with Gasteiger partial charge in [0.2, 0.25) is 0 Å². The van der Waals surface area contributed by atoms with Gasteiger partial charge in [-0.05, 0) is 61.4 Å². The fourth-order valence-electron chi connectivity index (χ4n) is 3.97. The van der Waals surface area contributed by atoms with Gasteiger partial charge in [0.15, 0.2) is 0 Å². The predicted octanol–water partition coefficient (Wildman–Crippen LogP) is 2.57. The molecule has 4 rings (SSSR count). The second-order valence-electron chi connectivity index (χ2n) is 8.17. The zero-order chi connectivity index (χ0) is 23.9. The normalized spacial score (nSPS) is 12.9. The van der Waals surface area contributed by atoms with Crippen molar-refractivity contribution in [1.82, 2.24) is 14.5 Å². The lowest BCUT2D eigenvalue weighted by Crippen LogP contribution is -2.40. The molecule has 0 spiro atoms. The van der Waals surface area contributed by atoms with E-state index < -0.39 is 11.7 Å². The monoisotopic (exact) mass is 449 g/mol. The highest BCUT2D eigenvalue weighted by Gasteiger charge is 2.28. The summed E-state index contributed by atoms with van der Waals surface area (Å²) in [4.78, 5) is 44.7. The van der Waals surface area contributed by atoms with Gasteiger partial charge in [0.05, 0.1) is 5.56 Å². The first-order chi connectivity index (χ1) is 15.7. The molecule has 2 aromatic heterocycles. The Kier molecular flexibility index (Phi) is 5.71. The zero-order valence-electron chi connectivity index (χ0n) is 18.6. The molecule has 3 N–H and O–H groups in total. The van der Waals surface area contributed by atoms with Crippen molar-refractivity contribution >= 4 is 23.3 Å². The third kappa shape index (κ3) is 4.21. The van der Waals surface area contributed by atoms with Crippen LogP contribution in [0.4, 0.5) is 15.9 Å². The number of aromatic nitrogens is 2. The van der Waals surface area contributed by atoms with E-state index in [1.54, 1.807) is 24.9 Å². The van der Waals surface area contributed by atoms with Gasteiger partial charge in [-0.1, -0.05) is 0 Å². The molecule has 8 nitrogen and oxygen atoms in total. The number of nitrogens with zero attached hydrogens (tertiary/aromatic N) is 3. The number of amides is 2. The smallest absolute Gasteiger partial charge is 0.263 e. The lowest BCUT2D eigenvalue weighted by atomic mass is 10.0. The van der Waals surface area contributed by atoms with E-state index in [9.17, 15) is 18.8 Å². The number of pyridine rings is 2. The first kappa shape index (κ1) is 22.2. The summed E-state index contributed by atoms with van der Waals surface area (Å²) >= 11 is 0.